The van der Waals surface area contributed by atoms with Crippen LogP contribution >= 0.6 is 11.3 Å². The second kappa shape index (κ2) is 3.58. The number of rotatable bonds is 2. The lowest BCUT2D eigenvalue weighted by Crippen LogP contribution is -2.07. The van der Waals surface area contributed by atoms with Gasteiger partial charge >= 0.3 is 0 Å². The molecular formula is C9H10N2OS. The van der Waals surface area contributed by atoms with E-state index in [-0.39, 0.29) is 5.78 Å². The number of ketones is 1. The molecule has 0 fully saturated rings. The van der Waals surface area contributed by atoms with Crippen LogP contribution in [0.3, 0.4) is 0 Å². The highest BCUT2D eigenvalue weighted by Crippen LogP contribution is 2.29. The first kappa shape index (κ1) is 9.75. The summed E-state index contributed by atoms with van der Waals surface area (Å²) in [7, 11) is 3.72. The minimum Gasteiger partial charge on any atom is -0.368 e. The molecule has 0 aliphatic carbocycles. The molecule has 0 bridgehead atoms. The summed E-state index contributed by atoms with van der Waals surface area (Å²) >= 11 is 1.35. The molecule has 1 rings (SSSR count). The van der Waals surface area contributed by atoms with Crippen molar-refractivity contribution < 1.29 is 4.79 Å². The summed E-state index contributed by atoms with van der Waals surface area (Å²) < 4.78 is 0. The number of nitriles is 1. The Balaban J connectivity index is 3.21. The van der Waals surface area contributed by atoms with Crippen LogP contribution in [0.15, 0.2) is 6.07 Å². The molecular weight excluding hydrogens is 184 g/mol. The zero-order valence-electron chi connectivity index (χ0n) is 7.79. The molecule has 1 aromatic rings. The zero-order chi connectivity index (χ0) is 10.0. The Labute approximate surface area is 81.2 Å². The van der Waals surface area contributed by atoms with Gasteiger partial charge in [-0.2, -0.15) is 5.26 Å². The molecule has 0 N–H and O–H groups in total. The minimum atomic E-state index is 0.00889. The number of carbonyl (C=O) groups excluding carboxylic acids is 1. The fourth-order valence-electron chi connectivity index (χ4n) is 0.967. The largest absolute Gasteiger partial charge is 0.368 e. The predicted molar refractivity (Wildman–Crippen MR) is 53.4 cm³/mol. The van der Waals surface area contributed by atoms with Crippen LogP contribution in [0, 0.1) is 11.3 Å². The maximum Gasteiger partial charge on any atom is 0.169 e. The molecule has 0 spiro atoms. The number of hydrogen-bond donors (Lipinski definition) is 0. The van der Waals surface area contributed by atoms with Crippen molar-refractivity contribution in [1.29, 1.82) is 5.26 Å². The standard InChI is InChI=1S/C9H10N2OS/c1-6(12)8-4-7(5-10)9(13-8)11(2)3/h4H,1-3H3. The molecule has 0 aliphatic rings. The van der Waals surface area contributed by atoms with E-state index in [1.54, 1.807) is 6.07 Å². The molecule has 0 unspecified atom stereocenters. The van der Waals surface area contributed by atoms with Crippen molar-refractivity contribution in [2.75, 3.05) is 19.0 Å². The van der Waals surface area contributed by atoms with E-state index in [1.807, 2.05) is 19.0 Å². The third kappa shape index (κ3) is 1.87. The van der Waals surface area contributed by atoms with Crippen LogP contribution in [-0.4, -0.2) is 19.9 Å². The van der Waals surface area contributed by atoms with Crippen molar-refractivity contribution in [2.45, 2.75) is 6.92 Å². The lowest BCUT2D eigenvalue weighted by Gasteiger charge is -2.08. The smallest absolute Gasteiger partial charge is 0.169 e. The maximum atomic E-state index is 11.0. The first-order chi connectivity index (χ1) is 6.06. The Bertz CT molecular complexity index is 373. The third-order valence-corrected chi connectivity index (χ3v) is 2.99. The number of thiophene rings is 1. The van der Waals surface area contributed by atoms with E-state index in [0.29, 0.717) is 10.4 Å². The van der Waals surface area contributed by atoms with Crippen molar-refractivity contribution >= 4 is 22.1 Å². The molecule has 0 amide bonds. The summed E-state index contributed by atoms with van der Waals surface area (Å²) in [5.41, 5.74) is 0.570. The lowest BCUT2D eigenvalue weighted by molar-refractivity contribution is 0.102. The van der Waals surface area contributed by atoms with Gasteiger partial charge in [-0.25, -0.2) is 0 Å². The van der Waals surface area contributed by atoms with Gasteiger partial charge in [-0.15, -0.1) is 11.3 Å². The number of Topliss-reactive ketones (excluding diaryl/α,β-unsaturated/α-hetero) is 1. The Morgan fingerprint density at radius 1 is 1.62 bits per heavy atom. The van der Waals surface area contributed by atoms with Gasteiger partial charge in [0, 0.05) is 14.1 Å². The van der Waals surface area contributed by atoms with Crippen LogP contribution in [0.25, 0.3) is 0 Å². The van der Waals surface area contributed by atoms with Gasteiger partial charge in [0.2, 0.25) is 0 Å². The summed E-state index contributed by atoms with van der Waals surface area (Å²) in [6, 6.07) is 3.71. The molecule has 0 radical (unpaired) electrons. The Kier molecular flexibility index (Phi) is 2.69. The summed E-state index contributed by atoms with van der Waals surface area (Å²) in [6.45, 7) is 1.51. The van der Waals surface area contributed by atoms with Crippen molar-refractivity contribution in [1.82, 2.24) is 0 Å². The van der Waals surface area contributed by atoms with Gasteiger partial charge in [0.1, 0.15) is 11.1 Å². The minimum absolute atomic E-state index is 0.00889. The molecule has 3 nitrogen and oxygen atoms in total. The number of nitrogens with zero attached hydrogens (tertiary/aromatic N) is 2. The summed E-state index contributed by atoms with van der Waals surface area (Å²) in [4.78, 5) is 13.5. The van der Waals surface area contributed by atoms with Gasteiger partial charge in [0.05, 0.1) is 10.4 Å². The van der Waals surface area contributed by atoms with E-state index < -0.39 is 0 Å². The molecule has 0 saturated carbocycles. The van der Waals surface area contributed by atoms with Gasteiger partial charge in [-0.1, -0.05) is 0 Å². The van der Waals surface area contributed by atoms with E-state index >= 15 is 0 Å². The zero-order valence-corrected chi connectivity index (χ0v) is 8.60. The van der Waals surface area contributed by atoms with E-state index in [9.17, 15) is 4.79 Å². The second-order valence-electron chi connectivity index (χ2n) is 2.89. The predicted octanol–water partition coefficient (Wildman–Crippen LogP) is 1.89. The first-order valence-electron chi connectivity index (χ1n) is 3.78. The fourth-order valence-corrected chi connectivity index (χ4v) is 1.89. The van der Waals surface area contributed by atoms with E-state index in [4.69, 9.17) is 5.26 Å². The highest BCUT2D eigenvalue weighted by molar-refractivity contribution is 7.18. The molecule has 1 aromatic heterocycles. The highest BCUT2D eigenvalue weighted by atomic mass is 32.1. The number of anilines is 1. The van der Waals surface area contributed by atoms with E-state index in [2.05, 4.69) is 6.07 Å². The lowest BCUT2D eigenvalue weighted by atomic mass is 10.3. The molecule has 0 atom stereocenters. The van der Waals surface area contributed by atoms with Crippen molar-refractivity contribution in [2.24, 2.45) is 0 Å². The normalized spacial score (nSPS) is 9.38. The van der Waals surface area contributed by atoms with Crippen LogP contribution in [0.4, 0.5) is 5.00 Å². The van der Waals surface area contributed by atoms with Crippen LogP contribution < -0.4 is 4.90 Å². The Hall–Kier alpha value is -1.34. The highest BCUT2D eigenvalue weighted by Gasteiger charge is 2.12. The molecule has 0 aromatic carbocycles. The van der Waals surface area contributed by atoms with Gasteiger partial charge < -0.3 is 4.90 Å². The quantitative estimate of drug-likeness (QED) is 0.675. The third-order valence-electron chi connectivity index (χ3n) is 1.59. The SMILES string of the molecule is CC(=O)c1cc(C#N)c(N(C)C)s1. The second-order valence-corrected chi connectivity index (χ2v) is 3.92. The van der Waals surface area contributed by atoms with Gasteiger partial charge in [-0.05, 0) is 13.0 Å². The molecule has 68 valence electrons. The molecule has 4 heteroatoms. The number of hydrogen-bond acceptors (Lipinski definition) is 4. The van der Waals surface area contributed by atoms with Gasteiger partial charge in [0.25, 0.3) is 0 Å². The van der Waals surface area contributed by atoms with Gasteiger partial charge in [0.15, 0.2) is 5.78 Å². The molecule has 13 heavy (non-hydrogen) atoms. The van der Waals surface area contributed by atoms with E-state index in [0.717, 1.165) is 5.00 Å². The van der Waals surface area contributed by atoms with Crippen molar-refractivity contribution in [3.63, 3.8) is 0 Å². The average Bonchev–Trinajstić information content (AvgIpc) is 2.47. The summed E-state index contributed by atoms with van der Waals surface area (Å²) in [5, 5.41) is 9.62. The van der Waals surface area contributed by atoms with Crippen LogP contribution in [0.2, 0.25) is 0 Å². The maximum absolute atomic E-state index is 11.0. The fraction of sp³-hybridized carbons (Fsp3) is 0.333. The Morgan fingerprint density at radius 2 is 2.23 bits per heavy atom. The van der Waals surface area contributed by atoms with E-state index in [1.165, 1.54) is 18.3 Å². The first-order valence-corrected chi connectivity index (χ1v) is 4.60. The van der Waals surface area contributed by atoms with Crippen LogP contribution in [0.1, 0.15) is 22.2 Å². The van der Waals surface area contributed by atoms with Crippen molar-refractivity contribution in [3.8, 4) is 6.07 Å². The van der Waals surface area contributed by atoms with Crippen molar-refractivity contribution in [3.05, 3.63) is 16.5 Å². The monoisotopic (exact) mass is 194 g/mol. The molecule has 0 aliphatic heterocycles. The molecule has 1 heterocycles. The van der Waals surface area contributed by atoms with Crippen LogP contribution in [0.5, 0.6) is 0 Å². The van der Waals surface area contributed by atoms with Crippen LogP contribution in [-0.2, 0) is 0 Å². The Morgan fingerprint density at radius 3 is 2.54 bits per heavy atom. The number of carbonyl (C=O) groups is 1. The topological polar surface area (TPSA) is 44.1 Å². The summed E-state index contributed by atoms with van der Waals surface area (Å²) in [6.07, 6.45) is 0. The van der Waals surface area contributed by atoms with Gasteiger partial charge in [-0.3, -0.25) is 4.79 Å². The summed E-state index contributed by atoms with van der Waals surface area (Å²) in [5.74, 6) is 0.00889. The molecule has 0 saturated heterocycles. The average molecular weight is 194 g/mol.